The highest BCUT2D eigenvalue weighted by Crippen LogP contribution is 2.05. The van der Waals surface area contributed by atoms with Crippen LogP contribution in [0.2, 0.25) is 0 Å². The molecule has 0 amide bonds. The average Bonchev–Trinajstić information content (AvgIpc) is 2.26. The van der Waals surface area contributed by atoms with Gasteiger partial charge in [0.05, 0.1) is 0 Å². The molecule has 0 saturated carbocycles. The van der Waals surface area contributed by atoms with E-state index < -0.39 is 5.97 Å². The maximum absolute atomic E-state index is 12.0. The molecule has 0 aliphatic rings. The van der Waals surface area contributed by atoms with Gasteiger partial charge in [-0.1, -0.05) is 6.92 Å². The summed E-state index contributed by atoms with van der Waals surface area (Å²) in [6.45, 7) is 6.05. The van der Waals surface area contributed by atoms with Crippen molar-refractivity contribution in [1.29, 1.82) is 0 Å². The summed E-state index contributed by atoms with van der Waals surface area (Å²) in [5.74, 6) is -0.634. The summed E-state index contributed by atoms with van der Waals surface area (Å²) in [5.41, 5.74) is -0.185. The van der Waals surface area contributed by atoms with Crippen molar-refractivity contribution in [3.05, 3.63) is 22.7 Å². The van der Waals surface area contributed by atoms with Crippen LogP contribution in [0.15, 0.2) is 17.2 Å². The minimum absolute atomic E-state index is 0.0589. The van der Waals surface area contributed by atoms with Crippen molar-refractivity contribution in [2.24, 2.45) is 5.92 Å². The van der Waals surface area contributed by atoms with Gasteiger partial charge in [0.1, 0.15) is 0 Å². The Labute approximate surface area is 106 Å². The predicted molar refractivity (Wildman–Crippen MR) is 68.8 cm³/mol. The smallest absolute Gasteiger partial charge is 0.303 e. The second-order valence-electron chi connectivity index (χ2n) is 4.67. The molecule has 0 fully saturated rings. The second-order valence-corrected chi connectivity index (χ2v) is 4.67. The summed E-state index contributed by atoms with van der Waals surface area (Å²) < 4.78 is 1.58. The molecule has 1 heterocycles. The van der Waals surface area contributed by atoms with E-state index in [1.807, 2.05) is 20.8 Å². The molecule has 6 heteroatoms. The maximum atomic E-state index is 12.0. The number of anilines is 1. The number of aromatic nitrogens is 2. The SMILES string of the molecule is CC(CNc1nccn(C(C)C)c1=O)CC(=O)O. The quantitative estimate of drug-likeness (QED) is 0.799. The Bertz CT molecular complexity index is 468. The zero-order chi connectivity index (χ0) is 13.7. The maximum Gasteiger partial charge on any atom is 0.303 e. The number of nitrogens with one attached hydrogen (secondary N) is 1. The van der Waals surface area contributed by atoms with Crippen molar-refractivity contribution >= 4 is 11.8 Å². The van der Waals surface area contributed by atoms with E-state index in [4.69, 9.17) is 5.11 Å². The third-order valence-electron chi connectivity index (χ3n) is 2.57. The third kappa shape index (κ3) is 3.87. The molecule has 0 aliphatic carbocycles. The first-order valence-corrected chi connectivity index (χ1v) is 5.94. The van der Waals surface area contributed by atoms with Crippen molar-refractivity contribution in [3.8, 4) is 0 Å². The predicted octanol–water partition coefficient (Wildman–Crippen LogP) is 1.35. The van der Waals surface area contributed by atoms with E-state index in [1.165, 1.54) is 0 Å². The number of hydrogen-bond acceptors (Lipinski definition) is 4. The van der Waals surface area contributed by atoms with Crippen LogP contribution >= 0.6 is 0 Å². The Hall–Kier alpha value is -1.85. The molecular formula is C12H19N3O3. The lowest BCUT2D eigenvalue weighted by Gasteiger charge is -2.13. The number of carboxylic acids is 1. The molecule has 1 atom stereocenters. The second kappa shape index (κ2) is 6.18. The van der Waals surface area contributed by atoms with Crippen molar-refractivity contribution in [2.75, 3.05) is 11.9 Å². The van der Waals surface area contributed by atoms with Crippen molar-refractivity contribution in [2.45, 2.75) is 33.2 Å². The highest BCUT2D eigenvalue weighted by atomic mass is 16.4. The van der Waals surface area contributed by atoms with E-state index in [2.05, 4.69) is 10.3 Å². The Morgan fingerprint density at radius 1 is 1.50 bits per heavy atom. The van der Waals surface area contributed by atoms with E-state index in [1.54, 1.807) is 17.0 Å². The molecule has 0 bridgehead atoms. The van der Waals surface area contributed by atoms with E-state index in [9.17, 15) is 9.59 Å². The number of rotatable bonds is 6. The molecule has 0 aliphatic heterocycles. The fourth-order valence-corrected chi connectivity index (χ4v) is 1.59. The highest BCUT2D eigenvalue weighted by molar-refractivity contribution is 5.67. The van der Waals surface area contributed by atoms with Gasteiger partial charge in [0.15, 0.2) is 5.82 Å². The summed E-state index contributed by atoms with van der Waals surface area (Å²) in [6, 6.07) is 0.0671. The van der Waals surface area contributed by atoms with Crippen LogP contribution in [0, 0.1) is 5.92 Å². The largest absolute Gasteiger partial charge is 0.481 e. The molecule has 0 saturated heterocycles. The van der Waals surface area contributed by atoms with E-state index >= 15 is 0 Å². The summed E-state index contributed by atoms with van der Waals surface area (Å²) >= 11 is 0. The van der Waals surface area contributed by atoms with Crippen LogP contribution in [0.25, 0.3) is 0 Å². The molecule has 1 unspecified atom stereocenters. The first-order chi connectivity index (χ1) is 8.41. The van der Waals surface area contributed by atoms with E-state index in [0.717, 1.165) is 0 Å². The summed E-state index contributed by atoms with van der Waals surface area (Å²) in [5, 5.41) is 11.5. The Kier molecular flexibility index (Phi) is 4.88. The van der Waals surface area contributed by atoms with Crippen LogP contribution in [0.1, 0.15) is 33.2 Å². The van der Waals surface area contributed by atoms with Gasteiger partial charge in [0.2, 0.25) is 0 Å². The van der Waals surface area contributed by atoms with E-state index in [-0.39, 0.29) is 29.8 Å². The van der Waals surface area contributed by atoms with Gasteiger partial charge in [-0.05, 0) is 19.8 Å². The Balaban J connectivity index is 2.71. The fourth-order valence-electron chi connectivity index (χ4n) is 1.59. The van der Waals surface area contributed by atoms with Crippen LogP contribution in [0.5, 0.6) is 0 Å². The zero-order valence-electron chi connectivity index (χ0n) is 10.9. The van der Waals surface area contributed by atoms with Crippen LogP contribution in [0.3, 0.4) is 0 Å². The molecular weight excluding hydrogens is 234 g/mol. The lowest BCUT2D eigenvalue weighted by molar-refractivity contribution is -0.137. The first kappa shape index (κ1) is 14.2. The van der Waals surface area contributed by atoms with Gasteiger partial charge in [0, 0.05) is 31.4 Å². The number of aliphatic carboxylic acids is 1. The number of nitrogens with zero attached hydrogens (tertiary/aromatic N) is 2. The number of hydrogen-bond donors (Lipinski definition) is 2. The van der Waals surface area contributed by atoms with Gasteiger partial charge in [0.25, 0.3) is 5.56 Å². The van der Waals surface area contributed by atoms with E-state index in [0.29, 0.717) is 6.54 Å². The van der Waals surface area contributed by atoms with Gasteiger partial charge >= 0.3 is 5.97 Å². The van der Waals surface area contributed by atoms with Crippen molar-refractivity contribution in [3.63, 3.8) is 0 Å². The first-order valence-electron chi connectivity index (χ1n) is 5.94. The van der Waals surface area contributed by atoms with Gasteiger partial charge in [-0.25, -0.2) is 4.98 Å². The molecule has 0 aromatic carbocycles. The lowest BCUT2D eigenvalue weighted by atomic mass is 10.1. The van der Waals surface area contributed by atoms with Gasteiger partial charge in [-0.2, -0.15) is 0 Å². The topological polar surface area (TPSA) is 84.2 Å². The normalized spacial score (nSPS) is 12.4. The third-order valence-corrected chi connectivity index (χ3v) is 2.57. The average molecular weight is 253 g/mol. The van der Waals surface area contributed by atoms with Gasteiger partial charge in [-0.3, -0.25) is 9.59 Å². The minimum Gasteiger partial charge on any atom is -0.481 e. The molecule has 1 aromatic heterocycles. The standard InChI is InChI=1S/C12H19N3O3/c1-8(2)15-5-4-13-11(12(15)18)14-7-9(3)6-10(16)17/h4-5,8-9H,6-7H2,1-3H3,(H,13,14)(H,16,17). The molecule has 18 heavy (non-hydrogen) atoms. The minimum atomic E-state index is -0.843. The number of carboxylic acid groups (broad SMARTS) is 1. The molecule has 1 rings (SSSR count). The zero-order valence-corrected chi connectivity index (χ0v) is 10.9. The Morgan fingerprint density at radius 2 is 2.17 bits per heavy atom. The van der Waals surface area contributed by atoms with Gasteiger partial charge < -0.3 is 15.0 Å². The van der Waals surface area contributed by atoms with Crippen LogP contribution in [-0.4, -0.2) is 27.2 Å². The molecule has 1 aromatic rings. The fraction of sp³-hybridized carbons (Fsp3) is 0.583. The van der Waals surface area contributed by atoms with Crippen LogP contribution < -0.4 is 10.9 Å². The highest BCUT2D eigenvalue weighted by Gasteiger charge is 2.10. The summed E-state index contributed by atoms with van der Waals surface area (Å²) in [7, 11) is 0. The molecule has 0 spiro atoms. The Morgan fingerprint density at radius 3 is 2.72 bits per heavy atom. The molecule has 100 valence electrons. The lowest BCUT2D eigenvalue weighted by Crippen LogP contribution is -2.27. The van der Waals surface area contributed by atoms with Crippen molar-refractivity contribution in [1.82, 2.24) is 9.55 Å². The van der Waals surface area contributed by atoms with Crippen LogP contribution in [0.4, 0.5) is 5.82 Å². The van der Waals surface area contributed by atoms with Crippen molar-refractivity contribution < 1.29 is 9.90 Å². The molecule has 2 N–H and O–H groups in total. The van der Waals surface area contributed by atoms with Crippen LogP contribution in [-0.2, 0) is 4.79 Å². The monoisotopic (exact) mass is 253 g/mol. The summed E-state index contributed by atoms with van der Waals surface area (Å²) in [4.78, 5) is 26.5. The number of carbonyl (C=O) groups is 1. The molecule has 0 radical (unpaired) electrons. The molecule has 6 nitrogen and oxygen atoms in total. The van der Waals surface area contributed by atoms with Gasteiger partial charge in [-0.15, -0.1) is 0 Å². The summed E-state index contributed by atoms with van der Waals surface area (Å²) in [6.07, 6.45) is 3.27.